The van der Waals surface area contributed by atoms with Crippen molar-refractivity contribution in [3.8, 4) is 5.69 Å². The molecule has 4 aromatic rings. The number of thiophene rings is 1. The summed E-state index contributed by atoms with van der Waals surface area (Å²) in [7, 11) is 0. The highest BCUT2D eigenvalue weighted by Gasteiger charge is 2.08. The molecule has 2 aromatic carbocycles. The highest BCUT2D eigenvalue weighted by atomic mass is 32.1. The van der Waals surface area contributed by atoms with Gasteiger partial charge in [0.05, 0.1) is 11.4 Å². The van der Waals surface area contributed by atoms with Crippen LogP contribution in [-0.2, 0) is 6.42 Å². The number of rotatable bonds is 5. The van der Waals surface area contributed by atoms with Gasteiger partial charge in [-0.25, -0.2) is 4.68 Å². The van der Waals surface area contributed by atoms with Crippen molar-refractivity contribution in [3.05, 3.63) is 98.4 Å². The number of hydrogen-bond acceptors (Lipinski definition) is 5. The van der Waals surface area contributed by atoms with Crippen LogP contribution in [0.2, 0.25) is 0 Å². The monoisotopic (exact) mass is 390 g/mol. The van der Waals surface area contributed by atoms with E-state index in [0.717, 1.165) is 33.2 Å². The molecule has 0 saturated carbocycles. The van der Waals surface area contributed by atoms with Crippen LogP contribution in [0, 0.1) is 0 Å². The second kappa shape index (κ2) is 8.24. The van der Waals surface area contributed by atoms with Gasteiger partial charge in [0, 0.05) is 11.3 Å². The molecule has 0 aliphatic heterocycles. The highest BCUT2D eigenvalue weighted by Crippen LogP contribution is 2.16. The Hall–Kier alpha value is -2.83. The van der Waals surface area contributed by atoms with Crippen molar-refractivity contribution in [2.24, 2.45) is 10.2 Å². The third-order valence-corrected chi connectivity index (χ3v) is 5.76. The molecule has 0 saturated heterocycles. The number of para-hydroxylation sites is 1. The average molecular weight is 391 g/mol. The number of benzene rings is 2. The molecule has 134 valence electrons. The minimum absolute atomic E-state index is 0.767. The van der Waals surface area contributed by atoms with Crippen LogP contribution >= 0.6 is 22.7 Å². The van der Waals surface area contributed by atoms with Crippen molar-refractivity contribution < 1.29 is 0 Å². The fraction of sp³-hybridized carbons (Fsp3) is 0.0952. The van der Waals surface area contributed by atoms with Crippen LogP contribution in [-0.4, -0.2) is 15.5 Å². The maximum absolute atomic E-state index is 4.78. The first-order chi connectivity index (χ1) is 13.3. The molecule has 0 atom stereocenters. The van der Waals surface area contributed by atoms with Gasteiger partial charge in [0.2, 0.25) is 4.80 Å². The molecule has 0 radical (unpaired) electrons. The van der Waals surface area contributed by atoms with Gasteiger partial charge < -0.3 is 0 Å². The lowest BCUT2D eigenvalue weighted by Crippen LogP contribution is -2.14. The lowest BCUT2D eigenvalue weighted by molar-refractivity contribution is 0.801. The topological polar surface area (TPSA) is 42.5 Å². The van der Waals surface area contributed by atoms with Crippen molar-refractivity contribution in [3.63, 3.8) is 0 Å². The third kappa shape index (κ3) is 4.30. The second-order valence-electron chi connectivity index (χ2n) is 5.93. The van der Waals surface area contributed by atoms with Crippen molar-refractivity contribution in [2.75, 3.05) is 0 Å². The Labute approximate surface area is 165 Å². The predicted molar refractivity (Wildman–Crippen MR) is 113 cm³/mol. The lowest BCUT2D eigenvalue weighted by Gasteiger charge is -2.00. The van der Waals surface area contributed by atoms with Crippen molar-refractivity contribution >= 4 is 28.4 Å². The molecule has 0 N–H and O–H groups in total. The van der Waals surface area contributed by atoms with Gasteiger partial charge in [-0.2, -0.15) is 10.2 Å². The summed E-state index contributed by atoms with van der Waals surface area (Å²) < 4.78 is 1.87. The van der Waals surface area contributed by atoms with Gasteiger partial charge in [0.15, 0.2) is 0 Å². The van der Waals surface area contributed by atoms with Crippen molar-refractivity contribution in [2.45, 2.75) is 13.3 Å². The van der Waals surface area contributed by atoms with E-state index in [1.807, 2.05) is 72.3 Å². The molecular weight excluding hydrogens is 372 g/mol. The Balaban J connectivity index is 1.74. The van der Waals surface area contributed by atoms with Gasteiger partial charge in [-0.3, -0.25) is 0 Å². The molecule has 6 heteroatoms. The molecule has 0 unspecified atom stereocenters. The fourth-order valence-electron chi connectivity index (χ4n) is 2.61. The summed E-state index contributed by atoms with van der Waals surface area (Å²) in [5.74, 6) is 0. The quantitative estimate of drug-likeness (QED) is 0.353. The Morgan fingerprint density at radius 1 is 0.963 bits per heavy atom. The minimum atomic E-state index is 0.767. The van der Waals surface area contributed by atoms with Gasteiger partial charge in [-0.05, 0) is 36.1 Å². The van der Waals surface area contributed by atoms with E-state index in [-0.39, 0.29) is 0 Å². The van der Waals surface area contributed by atoms with E-state index in [4.69, 9.17) is 5.10 Å². The molecule has 0 fully saturated rings. The van der Waals surface area contributed by atoms with Gasteiger partial charge in [-0.1, -0.05) is 65.9 Å². The average Bonchev–Trinajstić information content (AvgIpc) is 3.37. The smallest absolute Gasteiger partial charge is 0.204 e. The van der Waals surface area contributed by atoms with Gasteiger partial charge in [0.25, 0.3) is 0 Å². The molecule has 0 amide bonds. The van der Waals surface area contributed by atoms with Crippen LogP contribution in [0.5, 0.6) is 0 Å². The molecule has 0 spiro atoms. The fourth-order valence-corrected chi connectivity index (χ4v) is 4.29. The SMILES string of the molecule is C/C(=N\N=c1\sc(Cc2cccs2)nn1-c1ccccc1)c1ccccc1. The number of nitrogens with zero attached hydrogens (tertiary/aromatic N) is 4. The maximum Gasteiger partial charge on any atom is 0.233 e. The van der Waals surface area contributed by atoms with E-state index in [2.05, 4.69) is 27.7 Å². The maximum atomic E-state index is 4.78. The van der Waals surface area contributed by atoms with E-state index >= 15 is 0 Å². The molecule has 0 bridgehead atoms. The van der Waals surface area contributed by atoms with Crippen LogP contribution in [0.4, 0.5) is 0 Å². The zero-order chi connectivity index (χ0) is 18.5. The van der Waals surface area contributed by atoms with Crippen LogP contribution in [0.25, 0.3) is 5.69 Å². The van der Waals surface area contributed by atoms with E-state index in [1.165, 1.54) is 4.88 Å². The normalized spacial score (nSPS) is 12.5. The van der Waals surface area contributed by atoms with E-state index < -0.39 is 0 Å². The molecule has 27 heavy (non-hydrogen) atoms. The molecule has 2 aromatic heterocycles. The molecule has 4 nitrogen and oxygen atoms in total. The van der Waals surface area contributed by atoms with Crippen molar-refractivity contribution in [1.82, 2.24) is 9.78 Å². The van der Waals surface area contributed by atoms with Crippen LogP contribution < -0.4 is 4.80 Å². The summed E-state index contributed by atoms with van der Waals surface area (Å²) in [5, 5.41) is 16.9. The standard InChI is InChI=1S/C21H18N4S2/c1-16(17-9-4-2-5-10-17)22-23-21-25(18-11-6-3-7-12-18)24-20(27-21)15-19-13-8-14-26-19/h2-14H,15H2,1H3/b22-16+,23-21+. The summed E-state index contributed by atoms with van der Waals surface area (Å²) in [4.78, 5) is 2.06. The van der Waals surface area contributed by atoms with E-state index in [0.29, 0.717) is 0 Å². The largest absolute Gasteiger partial charge is 0.233 e. The van der Waals surface area contributed by atoms with Gasteiger partial charge in [0.1, 0.15) is 5.01 Å². The Bertz CT molecular complexity index is 1090. The Morgan fingerprint density at radius 3 is 2.41 bits per heavy atom. The predicted octanol–water partition coefficient (Wildman–Crippen LogP) is 4.91. The first-order valence-electron chi connectivity index (χ1n) is 8.60. The summed E-state index contributed by atoms with van der Waals surface area (Å²) in [5.41, 5.74) is 2.93. The summed E-state index contributed by atoms with van der Waals surface area (Å²) in [6.45, 7) is 1.97. The van der Waals surface area contributed by atoms with Crippen LogP contribution in [0.3, 0.4) is 0 Å². The van der Waals surface area contributed by atoms with Crippen LogP contribution in [0.15, 0.2) is 88.4 Å². The number of aromatic nitrogens is 2. The van der Waals surface area contributed by atoms with Crippen molar-refractivity contribution in [1.29, 1.82) is 0 Å². The summed E-state index contributed by atoms with van der Waals surface area (Å²) in [6, 6.07) is 24.3. The number of hydrogen-bond donors (Lipinski definition) is 0. The lowest BCUT2D eigenvalue weighted by atomic mass is 10.1. The molecule has 2 heterocycles. The third-order valence-electron chi connectivity index (χ3n) is 3.99. The Kier molecular flexibility index (Phi) is 5.37. The zero-order valence-electron chi connectivity index (χ0n) is 14.8. The van der Waals surface area contributed by atoms with Gasteiger partial charge >= 0.3 is 0 Å². The molecule has 0 aliphatic rings. The zero-order valence-corrected chi connectivity index (χ0v) is 16.5. The van der Waals surface area contributed by atoms with Gasteiger partial charge in [-0.15, -0.1) is 16.4 Å². The summed E-state index contributed by atoms with van der Waals surface area (Å²) >= 11 is 3.32. The molecular formula is C21H18N4S2. The Morgan fingerprint density at radius 2 is 1.70 bits per heavy atom. The van der Waals surface area contributed by atoms with Crippen LogP contribution in [0.1, 0.15) is 22.4 Å². The highest BCUT2D eigenvalue weighted by molar-refractivity contribution is 7.11. The molecule has 0 aliphatic carbocycles. The first kappa shape index (κ1) is 17.6. The summed E-state index contributed by atoms with van der Waals surface area (Å²) in [6.07, 6.45) is 0.812. The van der Waals surface area contributed by atoms with E-state index in [9.17, 15) is 0 Å². The second-order valence-corrected chi connectivity index (χ2v) is 8.01. The minimum Gasteiger partial charge on any atom is -0.204 e. The first-order valence-corrected chi connectivity index (χ1v) is 10.3. The van der Waals surface area contributed by atoms with E-state index in [1.54, 1.807) is 22.7 Å². The molecule has 4 rings (SSSR count).